The Morgan fingerprint density at radius 2 is 2.27 bits per heavy atom. The Morgan fingerprint density at radius 3 is 3.00 bits per heavy atom. The van der Waals surface area contributed by atoms with Gasteiger partial charge in [0, 0.05) is 25.6 Å². The Bertz CT molecular complexity index is 348. The Balaban J connectivity index is 2.06. The lowest BCUT2D eigenvalue weighted by molar-refractivity contribution is -0.135. The molecule has 2 nitrogen and oxygen atoms in total. The number of piperidine rings is 1. The molecule has 1 aliphatic carbocycles. The standard InChI is InChI=1S/C13H19NO/c1-8-6-14-7-9(2)13(3)11(14)4-10(8)5-12(13)15/h8,10-11H,2,4-7H2,1,3H3/t8-,10+,11-,13-/m0/s1. The van der Waals surface area contributed by atoms with Crippen LogP contribution in [0.15, 0.2) is 12.2 Å². The largest absolute Gasteiger partial charge is 0.299 e. The number of hydrogen-bond acceptors (Lipinski definition) is 2. The van der Waals surface area contributed by atoms with Crippen molar-refractivity contribution in [1.82, 2.24) is 4.90 Å². The molecule has 0 aromatic heterocycles. The van der Waals surface area contributed by atoms with Gasteiger partial charge in [-0.05, 0) is 30.8 Å². The van der Waals surface area contributed by atoms with Crippen molar-refractivity contribution in [2.24, 2.45) is 17.3 Å². The van der Waals surface area contributed by atoms with Crippen molar-refractivity contribution in [3.05, 3.63) is 12.2 Å². The summed E-state index contributed by atoms with van der Waals surface area (Å²) in [6.07, 6.45) is 2.00. The number of carbonyl (C=O) groups excluding carboxylic acids is 1. The van der Waals surface area contributed by atoms with Crippen molar-refractivity contribution >= 4 is 5.78 Å². The summed E-state index contributed by atoms with van der Waals surface area (Å²) in [6, 6.07) is 0.465. The maximum absolute atomic E-state index is 12.3. The molecule has 0 unspecified atom stereocenters. The minimum Gasteiger partial charge on any atom is -0.299 e. The van der Waals surface area contributed by atoms with Crippen LogP contribution in [-0.4, -0.2) is 29.8 Å². The lowest BCUT2D eigenvalue weighted by Gasteiger charge is -2.48. The summed E-state index contributed by atoms with van der Waals surface area (Å²) in [4.78, 5) is 14.7. The number of ketones is 1. The van der Waals surface area contributed by atoms with Gasteiger partial charge in [-0.15, -0.1) is 0 Å². The molecule has 0 spiro atoms. The summed E-state index contributed by atoms with van der Waals surface area (Å²) in [5.41, 5.74) is 0.946. The van der Waals surface area contributed by atoms with Crippen LogP contribution < -0.4 is 0 Å². The summed E-state index contributed by atoms with van der Waals surface area (Å²) in [5.74, 6) is 1.76. The van der Waals surface area contributed by atoms with E-state index < -0.39 is 0 Å². The van der Waals surface area contributed by atoms with E-state index in [2.05, 4.69) is 25.3 Å². The lowest BCUT2D eigenvalue weighted by atomic mass is 9.62. The van der Waals surface area contributed by atoms with Crippen LogP contribution in [0.25, 0.3) is 0 Å². The fraction of sp³-hybridized carbons (Fsp3) is 0.769. The van der Waals surface area contributed by atoms with E-state index in [1.807, 2.05) is 0 Å². The SMILES string of the molecule is C=C1CN2C[C@H](C)[C@H]3CC(=O)[C@]1(C)[C@@H]2C3. The third-order valence-corrected chi connectivity index (χ3v) is 5.12. The van der Waals surface area contributed by atoms with Gasteiger partial charge in [0.1, 0.15) is 5.78 Å². The zero-order chi connectivity index (χ0) is 10.8. The van der Waals surface area contributed by atoms with Crippen LogP contribution in [0.2, 0.25) is 0 Å². The number of carbonyl (C=O) groups is 1. The maximum atomic E-state index is 12.3. The molecule has 3 rings (SSSR count). The molecule has 0 amide bonds. The summed E-state index contributed by atoms with van der Waals surface area (Å²) in [6.45, 7) is 10.7. The second-order valence-corrected chi connectivity index (χ2v) is 5.85. The molecular formula is C13H19NO. The average Bonchev–Trinajstić information content (AvgIpc) is 2.43. The van der Waals surface area contributed by atoms with Crippen LogP contribution in [0.1, 0.15) is 26.7 Å². The van der Waals surface area contributed by atoms with Gasteiger partial charge in [0.15, 0.2) is 0 Å². The van der Waals surface area contributed by atoms with Gasteiger partial charge >= 0.3 is 0 Å². The number of rotatable bonds is 0. The lowest BCUT2D eigenvalue weighted by Crippen LogP contribution is -2.54. The highest BCUT2D eigenvalue weighted by Gasteiger charge is 2.57. The fourth-order valence-corrected chi connectivity index (χ4v) is 3.85. The van der Waals surface area contributed by atoms with Crippen LogP contribution in [0.5, 0.6) is 0 Å². The number of fused-ring (bicyclic) bond motifs is 1. The summed E-state index contributed by atoms with van der Waals surface area (Å²) in [7, 11) is 0. The second-order valence-electron chi connectivity index (χ2n) is 5.85. The molecule has 2 saturated heterocycles. The molecule has 2 aliphatic heterocycles. The Hall–Kier alpha value is -0.630. The van der Waals surface area contributed by atoms with Gasteiger partial charge in [-0.2, -0.15) is 0 Å². The van der Waals surface area contributed by atoms with E-state index >= 15 is 0 Å². The Kier molecular flexibility index (Phi) is 1.75. The van der Waals surface area contributed by atoms with E-state index in [0.29, 0.717) is 23.7 Å². The van der Waals surface area contributed by atoms with Crippen LogP contribution in [0.4, 0.5) is 0 Å². The zero-order valence-corrected chi connectivity index (χ0v) is 9.62. The van der Waals surface area contributed by atoms with Crippen molar-refractivity contribution in [2.75, 3.05) is 13.1 Å². The van der Waals surface area contributed by atoms with Gasteiger partial charge in [-0.3, -0.25) is 9.69 Å². The molecular weight excluding hydrogens is 186 g/mol. The molecule has 1 saturated carbocycles. The molecule has 3 aliphatic rings. The van der Waals surface area contributed by atoms with E-state index in [1.54, 1.807) is 0 Å². The second kappa shape index (κ2) is 2.73. The molecule has 2 heterocycles. The zero-order valence-electron chi connectivity index (χ0n) is 9.62. The normalized spacial score (nSPS) is 49.9. The van der Waals surface area contributed by atoms with Crippen molar-refractivity contribution in [3.63, 3.8) is 0 Å². The molecule has 0 aromatic carbocycles. The fourth-order valence-electron chi connectivity index (χ4n) is 3.85. The number of nitrogens with zero attached hydrogens (tertiary/aromatic N) is 1. The van der Waals surface area contributed by atoms with Crippen molar-refractivity contribution in [2.45, 2.75) is 32.7 Å². The first-order valence-electron chi connectivity index (χ1n) is 5.99. The average molecular weight is 205 g/mol. The number of hydrogen-bond donors (Lipinski definition) is 0. The molecule has 82 valence electrons. The molecule has 2 heteroatoms. The maximum Gasteiger partial charge on any atom is 0.144 e. The quantitative estimate of drug-likeness (QED) is 0.563. The van der Waals surface area contributed by atoms with Gasteiger partial charge < -0.3 is 0 Å². The smallest absolute Gasteiger partial charge is 0.144 e. The first kappa shape index (κ1) is 9.59. The summed E-state index contributed by atoms with van der Waals surface area (Å²) < 4.78 is 0. The minimum atomic E-state index is -0.212. The highest BCUT2D eigenvalue weighted by Crippen LogP contribution is 2.52. The summed E-state index contributed by atoms with van der Waals surface area (Å²) >= 11 is 0. The minimum absolute atomic E-state index is 0.212. The number of Topliss-reactive ketones (excluding diaryl/α,β-unsaturated/α-hetero) is 1. The molecule has 3 fully saturated rings. The molecule has 0 N–H and O–H groups in total. The van der Waals surface area contributed by atoms with E-state index in [1.165, 1.54) is 6.42 Å². The van der Waals surface area contributed by atoms with Gasteiger partial charge in [0.25, 0.3) is 0 Å². The van der Waals surface area contributed by atoms with Crippen molar-refractivity contribution in [1.29, 1.82) is 0 Å². The van der Waals surface area contributed by atoms with Crippen molar-refractivity contribution < 1.29 is 4.79 Å². The highest BCUT2D eigenvalue weighted by molar-refractivity contribution is 5.90. The molecule has 0 aromatic rings. The van der Waals surface area contributed by atoms with E-state index in [9.17, 15) is 4.79 Å². The third-order valence-electron chi connectivity index (χ3n) is 5.12. The first-order chi connectivity index (χ1) is 7.03. The monoisotopic (exact) mass is 205 g/mol. The van der Waals surface area contributed by atoms with E-state index in [4.69, 9.17) is 0 Å². The predicted molar refractivity (Wildman–Crippen MR) is 59.5 cm³/mol. The van der Waals surface area contributed by atoms with Crippen LogP contribution >= 0.6 is 0 Å². The highest BCUT2D eigenvalue weighted by atomic mass is 16.1. The molecule has 2 bridgehead atoms. The van der Waals surface area contributed by atoms with Crippen LogP contribution in [-0.2, 0) is 4.79 Å². The Morgan fingerprint density at radius 1 is 1.53 bits per heavy atom. The molecule has 4 atom stereocenters. The molecule has 0 radical (unpaired) electrons. The Labute approximate surface area is 91.3 Å². The predicted octanol–water partition coefficient (Wildman–Crippen LogP) is 1.86. The van der Waals surface area contributed by atoms with Crippen LogP contribution in [0.3, 0.4) is 0 Å². The topological polar surface area (TPSA) is 20.3 Å². The van der Waals surface area contributed by atoms with Gasteiger partial charge in [0.2, 0.25) is 0 Å². The first-order valence-corrected chi connectivity index (χ1v) is 5.99. The van der Waals surface area contributed by atoms with E-state index in [0.717, 1.165) is 25.1 Å². The van der Waals surface area contributed by atoms with Crippen LogP contribution in [0, 0.1) is 17.3 Å². The van der Waals surface area contributed by atoms with Gasteiger partial charge in [-0.1, -0.05) is 13.5 Å². The summed E-state index contributed by atoms with van der Waals surface area (Å²) in [5, 5.41) is 0. The third kappa shape index (κ3) is 1.01. The van der Waals surface area contributed by atoms with Gasteiger partial charge in [0.05, 0.1) is 5.41 Å². The van der Waals surface area contributed by atoms with E-state index in [-0.39, 0.29) is 5.41 Å². The van der Waals surface area contributed by atoms with Gasteiger partial charge in [-0.25, -0.2) is 0 Å². The molecule has 15 heavy (non-hydrogen) atoms. The van der Waals surface area contributed by atoms with Crippen molar-refractivity contribution in [3.8, 4) is 0 Å².